The summed E-state index contributed by atoms with van der Waals surface area (Å²) >= 11 is 0. The van der Waals surface area contributed by atoms with Gasteiger partial charge in [0.15, 0.2) is 12.2 Å². The molecule has 0 saturated carbocycles. The van der Waals surface area contributed by atoms with E-state index in [1.165, 1.54) is 0 Å². The van der Waals surface area contributed by atoms with Crippen molar-refractivity contribution in [3.05, 3.63) is 0 Å². The van der Waals surface area contributed by atoms with Gasteiger partial charge in [0.2, 0.25) is 0 Å². The summed E-state index contributed by atoms with van der Waals surface area (Å²) in [6, 6.07) is 0. The van der Waals surface area contributed by atoms with Crippen LogP contribution in [-0.4, -0.2) is 118 Å². The molecule has 4 saturated heterocycles. The lowest BCUT2D eigenvalue weighted by molar-refractivity contribution is -0.225. The number of ether oxygens (including phenoxy) is 4. The highest BCUT2D eigenvalue weighted by Gasteiger charge is 2.57. The minimum atomic E-state index is -1.27. The largest absolute Gasteiger partial charge is 0.461 e. The molecular formula is C42H74N4O9. The van der Waals surface area contributed by atoms with E-state index in [0.717, 1.165) is 0 Å². The van der Waals surface area contributed by atoms with E-state index >= 15 is 0 Å². The van der Waals surface area contributed by atoms with Gasteiger partial charge in [-0.05, 0) is 144 Å². The van der Waals surface area contributed by atoms with Crippen LogP contribution in [0.5, 0.6) is 0 Å². The van der Waals surface area contributed by atoms with Crippen LogP contribution >= 0.6 is 0 Å². The molecule has 316 valence electrons. The van der Waals surface area contributed by atoms with Gasteiger partial charge in [0, 0.05) is 38.8 Å². The number of nitrogens with zero attached hydrogens (tertiary/aromatic N) is 2. The zero-order valence-corrected chi connectivity index (χ0v) is 37.3. The molecule has 0 radical (unpaired) electrons. The van der Waals surface area contributed by atoms with E-state index in [9.17, 15) is 19.2 Å². The molecule has 0 amide bonds. The molecule has 4 heterocycles. The molecule has 4 aliphatic heterocycles. The number of nitrogens with one attached hydrogen (secondary N) is 2. The predicted molar refractivity (Wildman–Crippen MR) is 210 cm³/mol. The van der Waals surface area contributed by atoms with Crippen molar-refractivity contribution in [3.63, 3.8) is 0 Å². The van der Waals surface area contributed by atoms with Gasteiger partial charge in [0.25, 0.3) is 0 Å². The fourth-order valence-electron chi connectivity index (χ4n) is 10.6. The maximum Gasteiger partial charge on any atom is 0.311 e. The van der Waals surface area contributed by atoms with Gasteiger partial charge in [-0.2, -0.15) is 5.06 Å². The number of hydrogen-bond donors (Lipinski definition) is 2. The van der Waals surface area contributed by atoms with Gasteiger partial charge < -0.3 is 34.4 Å². The molecule has 0 spiro atoms. The monoisotopic (exact) mass is 779 g/mol. The van der Waals surface area contributed by atoms with Crippen molar-refractivity contribution in [2.45, 2.75) is 193 Å². The molecule has 55 heavy (non-hydrogen) atoms. The molecule has 4 aliphatic rings. The van der Waals surface area contributed by atoms with Crippen molar-refractivity contribution in [2.75, 3.05) is 27.4 Å². The van der Waals surface area contributed by atoms with Crippen LogP contribution in [0.4, 0.5) is 0 Å². The first-order valence-corrected chi connectivity index (χ1v) is 20.1. The van der Waals surface area contributed by atoms with E-state index in [1.807, 2.05) is 109 Å². The SMILES string of the molecule is CON1C(C)(C)CC(C(=O)OCC(OC(=O)C2CC(C)(C)NC2(C)C)C(COC(=O)C2CC(C)(C)N(C)C2(C)C)OC(=O)C2CC(C)(C)NC2(C)C)C1(C)C. The van der Waals surface area contributed by atoms with E-state index in [-0.39, 0.29) is 16.6 Å². The maximum absolute atomic E-state index is 14.2. The number of likely N-dealkylation sites (tertiary alicyclic amines) is 1. The number of carbonyl (C=O) groups excluding carboxylic acids is 4. The Kier molecular flexibility index (Phi) is 12.2. The lowest BCUT2D eigenvalue weighted by atomic mass is 9.87. The molecule has 0 aromatic rings. The predicted octanol–water partition coefficient (Wildman–Crippen LogP) is 5.18. The van der Waals surface area contributed by atoms with E-state index in [0.29, 0.717) is 25.7 Å². The highest BCUT2D eigenvalue weighted by molar-refractivity contribution is 5.78. The van der Waals surface area contributed by atoms with Crippen molar-refractivity contribution < 1.29 is 43.0 Å². The third kappa shape index (κ3) is 9.21. The smallest absolute Gasteiger partial charge is 0.311 e. The lowest BCUT2D eigenvalue weighted by Crippen LogP contribution is -2.51. The van der Waals surface area contributed by atoms with Crippen molar-refractivity contribution in [1.29, 1.82) is 0 Å². The van der Waals surface area contributed by atoms with Crippen LogP contribution in [0.3, 0.4) is 0 Å². The summed E-state index contributed by atoms with van der Waals surface area (Å²) in [7, 11) is 3.58. The summed E-state index contributed by atoms with van der Waals surface area (Å²) in [5.41, 5.74) is -3.83. The highest BCUT2D eigenvalue weighted by atomic mass is 16.7. The number of hydrogen-bond acceptors (Lipinski definition) is 13. The molecular weight excluding hydrogens is 704 g/mol. The van der Waals surface area contributed by atoms with Gasteiger partial charge in [-0.1, -0.05) is 0 Å². The molecule has 13 nitrogen and oxygen atoms in total. The fourth-order valence-corrected chi connectivity index (χ4v) is 10.6. The Morgan fingerprint density at radius 1 is 0.545 bits per heavy atom. The van der Waals surface area contributed by atoms with E-state index in [4.69, 9.17) is 23.8 Å². The lowest BCUT2D eigenvalue weighted by Gasteiger charge is -2.38. The van der Waals surface area contributed by atoms with E-state index in [2.05, 4.69) is 29.4 Å². The summed E-state index contributed by atoms with van der Waals surface area (Å²) in [5.74, 6) is -4.12. The van der Waals surface area contributed by atoms with Crippen LogP contribution in [0.25, 0.3) is 0 Å². The van der Waals surface area contributed by atoms with Crippen LogP contribution in [0.15, 0.2) is 0 Å². The van der Waals surface area contributed by atoms with Gasteiger partial charge in [-0.3, -0.25) is 24.1 Å². The standard InChI is InChI=1S/C42H74N4O9/c1-35(2)19-25(39(9,10)43-35)33(49)54-29(23-52-31(47)27-21-37(5,6)45(17)41(27,13)14)30(55-34(50)26-20-36(3,4)44-40(26,11)12)24-53-32(48)28-22-38(7,8)46(51-18)42(28,15)16/h25-30,43-44H,19-24H2,1-18H3. The van der Waals surface area contributed by atoms with Crippen LogP contribution in [0, 0.1) is 23.7 Å². The highest BCUT2D eigenvalue weighted by Crippen LogP contribution is 2.46. The van der Waals surface area contributed by atoms with Gasteiger partial charge >= 0.3 is 23.9 Å². The molecule has 0 aliphatic carbocycles. The Morgan fingerprint density at radius 2 is 0.909 bits per heavy atom. The summed E-state index contributed by atoms with van der Waals surface area (Å²) in [6.45, 7) is 31.2. The minimum absolute atomic E-state index is 0.254. The zero-order chi connectivity index (χ0) is 42.1. The Morgan fingerprint density at radius 3 is 1.20 bits per heavy atom. The van der Waals surface area contributed by atoms with Crippen molar-refractivity contribution in [2.24, 2.45) is 23.7 Å². The second-order valence-electron chi connectivity index (χ2n) is 21.7. The first-order chi connectivity index (χ1) is 24.7. The summed E-state index contributed by atoms with van der Waals surface area (Å²) < 4.78 is 24.7. The molecule has 13 heteroatoms. The first kappa shape index (κ1) is 45.4. The van der Waals surface area contributed by atoms with Gasteiger partial charge in [-0.15, -0.1) is 0 Å². The minimum Gasteiger partial charge on any atom is -0.461 e. The Labute approximate surface area is 330 Å². The second-order valence-corrected chi connectivity index (χ2v) is 21.7. The molecule has 0 aromatic heterocycles. The number of hydroxylamine groups is 2. The van der Waals surface area contributed by atoms with Crippen LogP contribution in [-0.2, 0) is 43.0 Å². The Bertz CT molecular complexity index is 1480. The Balaban J connectivity index is 1.69. The molecule has 0 bridgehead atoms. The number of rotatable bonds is 12. The maximum atomic E-state index is 14.2. The van der Waals surface area contributed by atoms with Crippen LogP contribution in [0.1, 0.15) is 136 Å². The third-order valence-electron chi connectivity index (χ3n) is 13.5. The fraction of sp³-hybridized carbons (Fsp3) is 0.905. The first-order valence-electron chi connectivity index (χ1n) is 20.1. The van der Waals surface area contributed by atoms with Crippen molar-refractivity contribution in [3.8, 4) is 0 Å². The van der Waals surface area contributed by atoms with Gasteiger partial charge in [0.05, 0.1) is 36.3 Å². The summed E-state index contributed by atoms with van der Waals surface area (Å²) in [4.78, 5) is 64.3. The summed E-state index contributed by atoms with van der Waals surface area (Å²) in [5, 5.41) is 8.86. The zero-order valence-electron chi connectivity index (χ0n) is 37.3. The van der Waals surface area contributed by atoms with Crippen molar-refractivity contribution in [1.82, 2.24) is 20.6 Å². The van der Waals surface area contributed by atoms with Gasteiger partial charge in [-0.25, -0.2) is 0 Å². The Hall–Kier alpha value is -2.32. The summed E-state index contributed by atoms with van der Waals surface area (Å²) in [6.07, 6.45) is -0.506. The quantitative estimate of drug-likeness (QED) is 0.199. The number of carbonyl (C=O) groups is 4. The number of esters is 4. The van der Waals surface area contributed by atoms with E-state index < -0.39 is 101 Å². The van der Waals surface area contributed by atoms with Crippen LogP contribution < -0.4 is 10.6 Å². The molecule has 0 aromatic carbocycles. The average Bonchev–Trinajstić information content (AvgIpc) is 3.54. The topological polar surface area (TPSA) is 145 Å². The second kappa shape index (κ2) is 14.8. The molecule has 4 rings (SSSR count). The molecule has 4 fully saturated rings. The average molecular weight is 779 g/mol. The molecule has 6 atom stereocenters. The van der Waals surface area contributed by atoms with Crippen molar-refractivity contribution >= 4 is 23.9 Å². The van der Waals surface area contributed by atoms with E-state index in [1.54, 1.807) is 7.11 Å². The van der Waals surface area contributed by atoms with Crippen LogP contribution in [0.2, 0.25) is 0 Å². The normalized spacial score (nSPS) is 32.0. The molecule has 2 N–H and O–H groups in total. The molecule has 6 unspecified atom stereocenters. The third-order valence-corrected chi connectivity index (χ3v) is 13.5. The van der Waals surface area contributed by atoms with Gasteiger partial charge in [0.1, 0.15) is 13.2 Å².